The molecule has 5 nitrogen and oxygen atoms in total. The van der Waals surface area contributed by atoms with E-state index in [1.54, 1.807) is 0 Å². The summed E-state index contributed by atoms with van der Waals surface area (Å²) in [5.41, 5.74) is 2.26. The van der Waals surface area contributed by atoms with Gasteiger partial charge in [-0.2, -0.15) is 0 Å². The van der Waals surface area contributed by atoms with Crippen LogP contribution in [-0.2, 0) is 9.09 Å². The summed E-state index contributed by atoms with van der Waals surface area (Å²) < 4.78 is 21.1. The molecule has 2 N–H and O–H groups in total. The van der Waals surface area contributed by atoms with Gasteiger partial charge in [-0.15, -0.1) is 0 Å². The minimum Gasteiger partial charge on any atom is -0.466 e. The Labute approximate surface area is 137 Å². The Morgan fingerprint density at radius 1 is 1.09 bits per heavy atom. The highest BCUT2D eigenvalue weighted by Gasteiger charge is 2.34. The lowest BCUT2D eigenvalue weighted by Crippen LogP contribution is -2.10. The number of phosphoric acid groups is 1. The predicted molar refractivity (Wildman–Crippen MR) is 87.3 cm³/mol. The van der Waals surface area contributed by atoms with Crippen LogP contribution in [0.25, 0.3) is 0 Å². The Hall–Kier alpha value is -0.870. The number of hydrogen-bond acceptors (Lipinski definition) is 3. The zero-order valence-electron chi connectivity index (χ0n) is 13.6. The minimum atomic E-state index is -4.52. The average Bonchev–Trinajstić information content (AvgIpc) is 3.38. The van der Waals surface area contributed by atoms with Gasteiger partial charge in [0.1, 0.15) is 5.75 Å². The molecule has 0 spiro atoms. The van der Waals surface area contributed by atoms with Gasteiger partial charge in [-0.3, -0.25) is 0 Å². The second-order valence-electron chi connectivity index (χ2n) is 6.90. The van der Waals surface area contributed by atoms with Crippen molar-refractivity contribution in [2.45, 2.75) is 51.4 Å². The van der Waals surface area contributed by atoms with E-state index in [-0.39, 0.29) is 0 Å². The summed E-state index contributed by atoms with van der Waals surface area (Å²) >= 11 is 0. The zero-order chi connectivity index (χ0) is 16.6. The van der Waals surface area contributed by atoms with Crippen LogP contribution >= 0.6 is 7.82 Å². The fraction of sp³-hybridized carbons (Fsp3) is 0.647. The van der Waals surface area contributed by atoms with Crippen LogP contribution in [0.4, 0.5) is 0 Å². The lowest BCUT2D eigenvalue weighted by atomic mass is 9.88. The molecule has 0 aromatic heterocycles. The molecule has 6 heteroatoms. The maximum Gasteiger partial charge on any atom is 0.472 e. The maximum atomic E-state index is 10.9. The molecule has 2 aliphatic rings. The summed E-state index contributed by atoms with van der Waals surface area (Å²) in [7, 11) is -4.52. The molecule has 0 bridgehead atoms. The van der Waals surface area contributed by atoms with Gasteiger partial charge in [-0.05, 0) is 60.5 Å². The highest BCUT2D eigenvalue weighted by Crippen LogP contribution is 2.50. The standard InChI is InChI=1S/C17H25O5P/c1-11(13-6-7-13)15-4-3-5-16(12(2)14-8-9-14)17(15)21-10-22-23(18,19)20/h3-5,11-14H,6-10H2,1-2H3,(H2,18,19,20)/t11-,12-/m1/s1. The first-order chi connectivity index (χ1) is 10.9. The van der Waals surface area contributed by atoms with Crippen LogP contribution in [0.15, 0.2) is 18.2 Å². The third kappa shape index (κ3) is 4.36. The van der Waals surface area contributed by atoms with Crippen LogP contribution in [0.1, 0.15) is 62.5 Å². The third-order valence-corrected chi connectivity index (χ3v) is 5.58. The molecule has 1 aromatic rings. The van der Waals surface area contributed by atoms with Crippen molar-refractivity contribution < 1.29 is 23.6 Å². The largest absolute Gasteiger partial charge is 0.472 e. The van der Waals surface area contributed by atoms with E-state index in [0.717, 1.165) is 16.9 Å². The molecule has 23 heavy (non-hydrogen) atoms. The van der Waals surface area contributed by atoms with Crippen molar-refractivity contribution in [3.05, 3.63) is 29.3 Å². The van der Waals surface area contributed by atoms with Gasteiger partial charge in [0, 0.05) is 0 Å². The smallest absolute Gasteiger partial charge is 0.466 e. The maximum absolute atomic E-state index is 10.9. The molecule has 0 saturated heterocycles. The van der Waals surface area contributed by atoms with Gasteiger partial charge in [-0.1, -0.05) is 32.0 Å². The zero-order valence-corrected chi connectivity index (χ0v) is 14.5. The summed E-state index contributed by atoms with van der Waals surface area (Å²) in [6.45, 7) is 3.98. The Balaban J connectivity index is 1.85. The first-order valence-electron chi connectivity index (χ1n) is 8.32. The summed E-state index contributed by atoms with van der Waals surface area (Å²) in [5.74, 6) is 2.93. The molecule has 0 heterocycles. The van der Waals surface area contributed by atoms with Crippen molar-refractivity contribution in [1.29, 1.82) is 0 Å². The lowest BCUT2D eigenvalue weighted by molar-refractivity contribution is 0.0807. The second-order valence-corrected chi connectivity index (χ2v) is 8.14. The van der Waals surface area contributed by atoms with Gasteiger partial charge >= 0.3 is 7.82 Å². The van der Waals surface area contributed by atoms with Crippen LogP contribution in [-0.4, -0.2) is 16.6 Å². The quantitative estimate of drug-likeness (QED) is 0.549. The summed E-state index contributed by atoms with van der Waals surface area (Å²) in [5, 5.41) is 0. The van der Waals surface area contributed by atoms with Crippen LogP contribution in [0.2, 0.25) is 0 Å². The number of para-hydroxylation sites is 1. The molecule has 1 aromatic carbocycles. The van der Waals surface area contributed by atoms with E-state index in [9.17, 15) is 4.57 Å². The molecule has 2 aliphatic carbocycles. The molecule has 0 unspecified atom stereocenters. The number of phosphoric ester groups is 1. The van der Waals surface area contributed by atoms with E-state index in [1.165, 1.54) is 25.7 Å². The van der Waals surface area contributed by atoms with E-state index in [0.29, 0.717) is 23.7 Å². The second kappa shape index (κ2) is 6.56. The molecule has 2 atom stereocenters. The third-order valence-electron chi connectivity index (χ3n) is 5.14. The van der Waals surface area contributed by atoms with E-state index < -0.39 is 14.6 Å². The van der Waals surface area contributed by atoms with E-state index in [2.05, 4.69) is 36.6 Å². The Bertz CT molecular complexity index is 567. The summed E-state index contributed by atoms with van der Waals surface area (Å²) in [6, 6.07) is 6.21. The first kappa shape index (κ1) is 17.0. The summed E-state index contributed by atoms with van der Waals surface area (Å²) in [4.78, 5) is 17.7. The normalized spacial score (nSPS) is 21.0. The van der Waals surface area contributed by atoms with Crippen molar-refractivity contribution in [2.24, 2.45) is 11.8 Å². The van der Waals surface area contributed by atoms with Crippen LogP contribution in [0, 0.1) is 11.8 Å². The molecule has 3 rings (SSSR count). The number of rotatable bonds is 8. The Kier molecular flexibility index (Phi) is 4.84. The minimum absolute atomic E-state index is 0.395. The fourth-order valence-electron chi connectivity index (χ4n) is 3.31. The van der Waals surface area contributed by atoms with Crippen molar-refractivity contribution >= 4 is 7.82 Å². The molecule has 128 valence electrons. The van der Waals surface area contributed by atoms with Gasteiger partial charge in [0.25, 0.3) is 0 Å². The monoisotopic (exact) mass is 340 g/mol. The molecule has 2 fully saturated rings. The molecular formula is C17H25O5P. The molecule has 2 saturated carbocycles. The number of benzene rings is 1. The highest BCUT2D eigenvalue weighted by atomic mass is 31.2. The molecule has 0 radical (unpaired) electrons. The Morgan fingerprint density at radius 2 is 1.57 bits per heavy atom. The van der Waals surface area contributed by atoms with Crippen molar-refractivity contribution in [2.75, 3.05) is 6.79 Å². The SMILES string of the molecule is C[C@@H](c1cccc([C@H](C)C2CC2)c1OCOP(=O)(O)O)C1CC1. The van der Waals surface area contributed by atoms with Gasteiger partial charge in [0.05, 0.1) is 0 Å². The molecule has 0 aliphatic heterocycles. The predicted octanol–water partition coefficient (Wildman–Crippen LogP) is 4.16. The topological polar surface area (TPSA) is 76.0 Å². The van der Waals surface area contributed by atoms with Gasteiger partial charge in [-0.25, -0.2) is 9.09 Å². The Morgan fingerprint density at radius 3 is 1.96 bits per heavy atom. The molecular weight excluding hydrogens is 315 g/mol. The van der Waals surface area contributed by atoms with E-state index in [1.807, 2.05) is 0 Å². The fourth-order valence-corrected chi connectivity index (χ4v) is 3.50. The number of hydrogen-bond donors (Lipinski definition) is 2. The average molecular weight is 340 g/mol. The number of ether oxygens (including phenoxy) is 1. The van der Waals surface area contributed by atoms with Crippen LogP contribution < -0.4 is 4.74 Å². The van der Waals surface area contributed by atoms with Crippen LogP contribution in [0.5, 0.6) is 5.75 Å². The van der Waals surface area contributed by atoms with Crippen molar-refractivity contribution in [1.82, 2.24) is 0 Å². The van der Waals surface area contributed by atoms with Gasteiger partial charge in [0.15, 0.2) is 6.79 Å². The first-order valence-corrected chi connectivity index (χ1v) is 9.85. The van der Waals surface area contributed by atoms with Gasteiger partial charge < -0.3 is 14.5 Å². The summed E-state index contributed by atoms with van der Waals surface area (Å²) in [6.07, 6.45) is 4.95. The van der Waals surface area contributed by atoms with E-state index in [4.69, 9.17) is 14.5 Å². The van der Waals surface area contributed by atoms with E-state index >= 15 is 0 Å². The highest BCUT2D eigenvalue weighted by molar-refractivity contribution is 7.46. The molecule has 0 amide bonds. The van der Waals surface area contributed by atoms with Gasteiger partial charge in [0.2, 0.25) is 0 Å². The van der Waals surface area contributed by atoms with Crippen LogP contribution in [0.3, 0.4) is 0 Å². The van der Waals surface area contributed by atoms with Crippen molar-refractivity contribution in [3.8, 4) is 5.75 Å². The van der Waals surface area contributed by atoms with Crippen molar-refractivity contribution in [3.63, 3.8) is 0 Å². The lowest BCUT2D eigenvalue weighted by Gasteiger charge is -2.23.